The van der Waals surface area contributed by atoms with Gasteiger partial charge in [-0.1, -0.05) is 37.3 Å². The van der Waals surface area contributed by atoms with Crippen LogP contribution < -0.4 is 0 Å². The van der Waals surface area contributed by atoms with Crippen LogP contribution >= 0.6 is 0 Å². The lowest BCUT2D eigenvalue weighted by molar-refractivity contribution is 0.0834. The maximum atomic E-state index is 10.5. The van der Waals surface area contributed by atoms with Crippen LogP contribution in [0.2, 0.25) is 0 Å². The normalized spacial score (nSPS) is 14.3. The molecule has 1 N–H and O–H groups in total. The van der Waals surface area contributed by atoms with Crippen LogP contribution in [0, 0.1) is 0 Å². The van der Waals surface area contributed by atoms with Gasteiger partial charge in [-0.3, -0.25) is 4.90 Å². The van der Waals surface area contributed by atoms with E-state index in [1.165, 1.54) is 5.69 Å². The minimum Gasteiger partial charge on any atom is -0.387 e. The van der Waals surface area contributed by atoms with Crippen LogP contribution in [-0.4, -0.2) is 27.2 Å². The number of aromatic nitrogens is 1. The van der Waals surface area contributed by atoms with Crippen molar-refractivity contribution in [2.45, 2.75) is 39.0 Å². The summed E-state index contributed by atoms with van der Waals surface area (Å²) in [5, 5.41) is 10.5. The smallest absolute Gasteiger partial charge is 0.0917 e. The number of aryl methyl sites for hydroxylation is 1. The van der Waals surface area contributed by atoms with Crippen LogP contribution in [0.15, 0.2) is 48.7 Å². The Hall–Kier alpha value is -1.58. The highest BCUT2D eigenvalue weighted by Gasteiger charge is 2.18. The molecule has 1 aromatic heterocycles. The molecule has 2 aromatic rings. The summed E-state index contributed by atoms with van der Waals surface area (Å²) in [6, 6.07) is 14.6. The first-order chi connectivity index (χ1) is 10.1. The second-order valence-corrected chi connectivity index (χ2v) is 5.72. The first-order valence-corrected chi connectivity index (χ1v) is 7.69. The fourth-order valence-electron chi connectivity index (χ4n) is 2.53. The predicted molar refractivity (Wildman–Crippen MR) is 87.0 cm³/mol. The van der Waals surface area contributed by atoms with Crippen LogP contribution in [0.5, 0.6) is 0 Å². The standard InChI is InChI=1S/C18H26N2O/c1-4-15(2)20(13-17-11-8-12-19(17)3)14-18(21)16-9-6-5-7-10-16/h5-12,15,18,21H,4,13-14H2,1-3H3. The Balaban J connectivity index is 2.08. The minimum atomic E-state index is -0.444. The van der Waals surface area contributed by atoms with Gasteiger partial charge in [-0.25, -0.2) is 0 Å². The van der Waals surface area contributed by atoms with Crippen molar-refractivity contribution in [3.63, 3.8) is 0 Å². The van der Waals surface area contributed by atoms with E-state index in [9.17, 15) is 5.11 Å². The number of nitrogens with zero attached hydrogens (tertiary/aromatic N) is 2. The van der Waals surface area contributed by atoms with Gasteiger partial charge in [0.15, 0.2) is 0 Å². The fraction of sp³-hybridized carbons (Fsp3) is 0.444. The van der Waals surface area contributed by atoms with E-state index < -0.39 is 6.10 Å². The van der Waals surface area contributed by atoms with Gasteiger partial charge in [0.2, 0.25) is 0 Å². The molecule has 0 aliphatic heterocycles. The van der Waals surface area contributed by atoms with E-state index in [-0.39, 0.29) is 0 Å². The zero-order valence-electron chi connectivity index (χ0n) is 13.2. The molecule has 2 rings (SSSR count). The number of hydrogen-bond acceptors (Lipinski definition) is 2. The van der Waals surface area contributed by atoms with Crippen molar-refractivity contribution in [1.82, 2.24) is 9.47 Å². The van der Waals surface area contributed by atoms with Crippen molar-refractivity contribution >= 4 is 0 Å². The highest BCUT2D eigenvalue weighted by molar-refractivity contribution is 5.17. The Bertz CT molecular complexity index is 535. The molecule has 2 unspecified atom stereocenters. The van der Waals surface area contributed by atoms with Gasteiger partial charge in [0.1, 0.15) is 0 Å². The first-order valence-electron chi connectivity index (χ1n) is 7.69. The molecular weight excluding hydrogens is 260 g/mol. The number of hydrogen-bond donors (Lipinski definition) is 1. The molecule has 114 valence electrons. The van der Waals surface area contributed by atoms with Crippen LogP contribution in [0.25, 0.3) is 0 Å². The molecule has 0 bridgehead atoms. The van der Waals surface area contributed by atoms with E-state index in [1.807, 2.05) is 30.3 Å². The lowest BCUT2D eigenvalue weighted by Gasteiger charge is -2.30. The third-order valence-electron chi connectivity index (χ3n) is 4.22. The van der Waals surface area contributed by atoms with Crippen LogP contribution in [0.3, 0.4) is 0 Å². The van der Waals surface area contributed by atoms with E-state index in [1.54, 1.807) is 0 Å². The largest absolute Gasteiger partial charge is 0.387 e. The lowest BCUT2D eigenvalue weighted by Crippen LogP contribution is -2.36. The van der Waals surface area contributed by atoms with Crippen molar-refractivity contribution in [2.24, 2.45) is 7.05 Å². The maximum absolute atomic E-state index is 10.5. The molecule has 0 saturated carbocycles. The summed E-state index contributed by atoms with van der Waals surface area (Å²) < 4.78 is 2.14. The summed E-state index contributed by atoms with van der Waals surface area (Å²) >= 11 is 0. The SMILES string of the molecule is CCC(C)N(Cc1cccn1C)CC(O)c1ccccc1. The maximum Gasteiger partial charge on any atom is 0.0917 e. The van der Waals surface area contributed by atoms with Gasteiger partial charge >= 0.3 is 0 Å². The summed E-state index contributed by atoms with van der Waals surface area (Å²) in [7, 11) is 2.07. The second kappa shape index (κ2) is 7.43. The van der Waals surface area contributed by atoms with Gasteiger partial charge in [0.25, 0.3) is 0 Å². The number of rotatable bonds is 7. The van der Waals surface area contributed by atoms with Gasteiger partial charge in [0, 0.05) is 38.1 Å². The average Bonchev–Trinajstić information content (AvgIpc) is 2.91. The molecule has 0 aliphatic carbocycles. The molecule has 0 radical (unpaired) electrons. The summed E-state index contributed by atoms with van der Waals surface area (Å²) in [6.45, 7) is 5.94. The van der Waals surface area contributed by atoms with Crippen molar-refractivity contribution in [3.05, 3.63) is 59.9 Å². The Morgan fingerprint density at radius 1 is 1.14 bits per heavy atom. The Morgan fingerprint density at radius 2 is 1.86 bits per heavy atom. The minimum absolute atomic E-state index is 0.443. The zero-order chi connectivity index (χ0) is 15.2. The van der Waals surface area contributed by atoms with Gasteiger partial charge in [-0.15, -0.1) is 0 Å². The number of benzene rings is 1. The molecule has 3 nitrogen and oxygen atoms in total. The van der Waals surface area contributed by atoms with Crippen LogP contribution in [0.4, 0.5) is 0 Å². The van der Waals surface area contributed by atoms with Crippen LogP contribution in [-0.2, 0) is 13.6 Å². The zero-order valence-corrected chi connectivity index (χ0v) is 13.2. The van der Waals surface area contributed by atoms with Gasteiger partial charge < -0.3 is 9.67 Å². The topological polar surface area (TPSA) is 28.4 Å². The van der Waals surface area contributed by atoms with E-state index in [2.05, 4.69) is 48.7 Å². The molecule has 0 aliphatic rings. The van der Waals surface area contributed by atoms with E-state index in [0.717, 1.165) is 18.5 Å². The van der Waals surface area contributed by atoms with Gasteiger partial charge in [0.05, 0.1) is 6.10 Å². The highest BCUT2D eigenvalue weighted by atomic mass is 16.3. The lowest BCUT2D eigenvalue weighted by atomic mass is 10.1. The molecular formula is C18H26N2O. The van der Waals surface area contributed by atoms with E-state index in [0.29, 0.717) is 12.6 Å². The summed E-state index contributed by atoms with van der Waals surface area (Å²) in [4.78, 5) is 2.35. The van der Waals surface area contributed by atoms with E-state index in [4.69, 9.17) is 0 Å². The van der Waals surface area contributed by atoms with Crippen molar-refractivity contribution in [1.29, 1.82) is 0 Å². The first kappa shape index (κ1) is 15.8. The molecule has 0 saturated heterocycles. The van der Waals surface area contributed by atoms with Gasteiger partial charge in [-0.05, 0) is 31.0 Å². The molecule has 0 amide bonds. The monoisotopic (exact) mass is 286 g/mol. The van der Waals surface area contributed by atoms with E-state index >= 15 is 0 Å². The fourth-order valence-corrected chi connectivity index (χ4v) is 2.53. The third kappa shape index (κ3) is 4.19. The Labute approximate surface area is 127 Å². The molecule has 21 heavy (non-hydrogen) atoms. The Kier molecular flexibility index (Phi) is 5.59. The summed E-state index contributed by atoms with van der Waals surface area (Å²) in [5.74, 6) is 0. The second-order valence-electron chi connectivity index (χ2n) is 5.72. The number of aliphatic hydroxyl groups is 1. The van der Waals surface area contributed by atoms with Crippen molar-refractivity contribution in [3.8, 4) is 0 Å². The molecule has 1 aromatic carbocycles. The molecule has 2 atom stereocenters. The van der Waals surface area contributed by atoms with Crippen molar-refractivity contribution in [2.75, 3.05) is 6.54 Å². The predicted octanol–water partition coefficient (Wildman–Crippen LogP) is 3.36. The third-order valence-corrected chi connectivity index (χ3v) is 4.22. The highest BCUT2D eigenvalue weighted by Crippen LogP contribution is 2.18. The van der Waals surface area contributed by atoms with Crippen molar-refractivity contribution < 1.29 is 5.11 Å². The van der Waals surface area contributed by atoms with Gasteiger partial charge in [-0.2, -0.15) is 0 Å². The summed E-state index contributed by atoms with van der Waals surface area (Å²) in [5.41, 5.74) is 2.26. The molecule has 0 fully saturated rings. The molecule has 0 spiro atoms. The molecule has 3 heteroatoms. The quantitative estimate of drug-likeness (QED) is 0.845. The Morgan fingerprint density at radius 3 is 2.43 bits per heavy atom. The summed E-state index contributed by atoms with van der Waals surface area (Å²) in [6.07, 6.45) is 2.70. The molecule has 1 heterocycles. The number of aliphatic hydroxyl groups excluding tert-OH is 1. The van der Waals surface area contributed by atoms with Crippen LogP contribution in [0.1, 0.15) is 37.6 Å². The average molecular weight is 286 g/mol.